The predicted molar refractivity (Wildman–Crippen MR) is 85.1 cm³/mol. The largest absolute Gasteiger partial charge is 0.339 e. The van der Waals surface area contributed by atoms with Gasteiger partial charge < -0.3 is 10.2 Å². The molecule has 1 aromatic rings. The minimum absolute atomic E-state index is 0. The Kier molecular flexibility index (Phi) is 7.03. The van der Waals surface area contributed by atoms with Gasteiger partial charge in [-0.2, -0.15) is 0 Å². The molecule has 1 N–H and O–H groups in total. The van der Waals surface area contributed by atoms with E-state index in [2.05, 4.69) is 24.4 Å². The average Bonchev–Trinajstić information content (AvgIpc) is 2.97. The number of hydrogen-bond donors (Lipinski definition) is 1. The molecule has 1 amide bonds. The summed E-state index contributed by atoms with van der Waals surface area (Å²) in [5.74, 6) is 0.241. The van der Waals surface area contributed by atoms with Gasteiger partial charge in [0.25, 0.3) is 0 Å². The number of carbonyl (C=O) groups excluding carboxylic acids is 1. The van der Waals surface area contributed by atoms with Gasteiger partial charge in [0.15, 0.2) is 0 Å². The van der Waals surface area contributed by atoms with Crippen LogP contribution in [-0.2, 0) is 4.79 Å². The van der Waals surface area contributed by atoms with Gasteiger partial charge in [-0.15, -0.1) is 12.4 Å². The van der Waals surface area contributed by atoms with E-state index in [-0.39, 0.29) is 24.4 Å². The monoisotopic (exact) mass is 296 g/mol. The molecule has 0 saturated carbocycles. The first-order valence-electron chi connectivity index (χ1n) is 7.22. The maximum absolute atomic E-state index is 12.2. The van der Waals surface area contributed by atoms with Crippen molar-refractivity contribution in [3.05, 3.63) is 35.9 Å². The molecule has 3 nitrogen and oxygen atoms in total. The normalized spacial score (nSPS) is 19.2. The zero-order chi connectivity index (χ0) is 13.7. The highest BCUT2D eigenvalue weighted by Gasteiger charge is 2.20. The van der Waals surface area contributed by atoms with Gasteiger partial charge in [0.2, 0.25) is 5.91 Å². The van der Waals surface area contributed by atoms with E-state index in [1.165, 1.54) is 18.4 Å². The number of carbonyl (C=O) groups is 1. The standard InChI is InChI=1S/C16H24N2O.ClH/c1-13(14-7-4-3-5-8-14)18(2)16(19)11-10-15-9-6-12-17-15;/h3-5,7-8,13,15,17H,6,9-12H2,1-2H3;1H. The molecule has 112 valence electrons. The Balaban J connectivity index is 0.00000200. The van der Waals surface area contributed by atoms with Gasteiger partial charge in [-0.1, -0.05) is 30.3 Å². The lowest BCUT2D eigenvalue weighted by atomic mass is 10.1. The van der Waals surface area contributed by atoms with Crippen molar-refractivity contribution in [3.8, 4) is 0 Å². The molecule has 2 rings (SSSR count). The van der Waals surface area contributed by atoms with Crippen molar-refractivity contribution in [3.63, 3.8) is 0 Å². The van der Waals surface area contributed by atoms with Crippen molar-refractivity contribution in [2.45, 2.75) is 44.7 Å². The average molecular weight is 297 g/mol. The molecular weight excluding hydrogens is 272 g/mol. The van der Waals surface area contributed by atoms with Gasteiger partial charge in [0.1, 0.15) is 0 Å². The second-order valence-corrected chi connectivity index (χ2v) is 5.42. The molecule has 0 bridgehead atoms. The van der Waals surface area contributed by atoms with Crippen LogP contribution >= 0.6 is 12.4 Å². The van der Waals surface area contributed by atoms with Gasteiger partial charge in [-0.05, 0) is 38.3 Å². The van der Waals surface area contributed by atoms with Crippen LogP contribution in [0.3, 0.4) is 0 Å². The maximum Gasteiger partial charge on any atom is 0.222 e. The number of rotatable bonds is 5. The molecule has 1 aromatic carbocycles. The van der Waals surface area contributed by atoms with Crippen LogP contribution < -0.4 is 5.32 Å². The molecule has 0 aromatic heterocycles. The van der Waals surface area contributed by atoms with Crippen LogP contribution in [0.15, 0.2) is 30.3 Å². The summed E-state index contributed by atoms with van der Waals surface area (Å²) in [4.78, 5) is 14.1. The summed E-state index contributed by atoms with van der Waals surface area (Å²) >= 11 is 0. The molecule has 1 aliphatic heterocycles. The number of nitrogens with one attached hydrogen (secondary N) is 1. The zero-order valence-corrected chi connectivity index (χ0v) is 13.2. The molecule has 20 heavy (non-hydrogen) atoms. The van der Waals surface area contributed by atoms with Gasteiger partial charge in [0.05, 0.1) is 6.04 Å². The molecule has 0 spiro atoms. The number of halogens is 1. The summed E-state index contributed by atoms with van der Waals surface area (Å²) in [5, 5.41) is 3.44. The van der Waals surface area contributed by atoms with Crippen molar-refractivity contribution in [2.75, 3.05) is 13.6 Å². The SMILES string of the molecule is CC(c1ccccc1)N(C)C(=O)CCC1CCCN1.Cl. The van der Waals surface area contributed by atoms with Gasteiger partial charge in [-0.25, -0.2) is 0 Å². The second kappa shape index (κ2) is 8.28. The molecule has 1 heterocycles. The Bertz CT molecular complexity index is 404. The summed E-state index contributed by atoms with van der Waals surface area (Å²) in [6.45, 7) is 3.19. The first-order chi connectivity index (χ1) is 9.18. The van der Waals surface area contributed by atoms with Crippen molar-refractivity contribution in [2.24, 2.45) is 0 Å². The van der Waals surface area contributed by atoms with E-state index in [9.17, 15) is 4.79 Å². The van der Waals surface area contributed by atoms with E-state index in [4.69, 9.17) is 0 Å². The van der Waals surface area contributed by atoms with Crippen LogP contribution in [0.25, 0.3) is 0 Å². The number of amides is 1. The number of benzene rings is 1. The fourth-order valence-corrected chi connectivity index (χ4v) is 2.65. The second-order valence-electron chi connectivity index (χ2n) is 5.42. The minimum Gasteiger partial charge on any atom is -0.339 e. The summed E-state index contributed by atoms with van der Waals surface area (Å²) in [6.07, 6.45) is 4.07. The molecule has 1 fully saturated rings. The van der Waals surface area contributed by atoms with E-state index in [0.717, 1.165) is 13.0 Å². The smallest absolute Gasteiger partial charge is 0.222 e. The van der Waals surface area contributed by atoms with Crippen LogP contribution in [0.1, 0.15) is 44.2 Å². The highest BCUT2D eigenvalue weighted by atomic mass is 35.5. The van der Waals surface area contributed by atoms with E-state index >= 15 is 0 Å². The van der Waals surface area contributed by atoms with Crippen LogP contribution in [0.2, 0.25) is 0 Å². The molecular formula is C16H25ClN2O. The fraction of sp³-hybridized carbons (Fsp3) is 0.562. The summed E-state index contributed by atoms with van der Waals surface area (Å²) < 4.78 is 0. The van der Waals surface area contributed by atoms with Crippen LogP contribution in [0.4, 0.5) is 0 Å². The quantitative estimate of drug-likeness (QED) is 0.905. The van der Waals surface area contributed by atoms with Crippen molar-refractivity contribution >= 4 is 18.3 Å². The summed E-state index contributed by atoms with van der Waals surface area (Å²) in [6, 6.07) is 10.9. The van der Waals surface area contributed by atoms with E-state index in [0.29, 0.717) is 12.5 Å². The Morgan fingerprint density at radius 3 is 2.70 bits per heavy atom. The highest BCUT2D eigenvalue weighted by Crippen LogP contribution is 2.20. The minimum atomic E-state index is 0. The number of nitrogens with zero attached hydrogens (tertiary/aromatic N) is 1. The topological polar surface area (TPSA) is 32.3 Å². The molecule has 4 heteroatoms. The third-order valence-electron chi connectivity index (χ3n) is 4.13. The molecule has 1 aliphatic rings. The Morgan fingerprint density at radius 1 is 1.40 bits per heavy atom. The molecule has 1 saturated heterocycles. The van der Waals surface area contributed by atoms with E-state index < -0.39 is 0 Å². The maximum atomic E-state index is 12.2. The zero-order valence-electron chi connectivity index (χ0n) is 12.3. The van der Waals surface area contributed by atoms with Crippen molar-refractivity contribution in [1.29, 1.82) is 0 Å². The Hall–Kier alpha value is -1.06. The summed E-state index contributed by atoms with van der Waals surface area (Å²) in [7, 11) is 1.90. The molecule has 2 atom stereocenters. The predicted octanol–water partition coefficient (Wildman–Crippen LogP) is 3.16. The third kappa shape index (κ3) is 4.50. The first kappa shape index (κ1) is 17.0. The first-order valence-corrected chi connectivity index (χ1v) is 7.22. The third-order valence-corrected chi connectivity index (χ3v) is 4.13. The fourth-order valence-electron chi connectivity index (χ4n) is 2.65. The molecule has 0 radical (unpaired) electrons. The van der Waals surface area contributed by atoms with Crippen molar-refractivity contribution < 1.29 is 4.79 Å². The molecule has 2 unspecified atom stereocenters. The Labute approximate surface area is 128 Å². The van der Waals surface area contributed by atoms with Gasteiger partial charge in [0, 0.05) is 19.5 Å². The lowest BCUT2D eigenvalue weighted by Crippen LogP contribution is -2.31. The van der Waals surface area contributed by atoms with Gasteiger partial charge in [-0.3, -0.25) is 4.79 Å². The van der Waals surface area contributed by atoms with Crippen LogP contribution in [0, 0.1) is 0 Å². The lowest BCUT2D eigenvalue weighted by molar-refractivity contribution is -0.132. The molecule has 0 aliphatic carbocycles. The number of hydrogen-bond acceptors (Lipinski definition) is 2. The van der Waals surface area contributed by atoms with Crippen LogP contribution in [0.5, 0.6) is 0 Å². The summed E-state index contributed by atoms with van der Waals surface area (Å²) in [5.41, 5.74) is 1.19. The van der Waals surface area contributed by atoms with E-state index in [1.54, 1.807) is 0 Å². The van der Waals surface area contributed by atoms with Crippen molar-refractivity contribution in [1.82, 2.24) is 10.2 Å². The van der Waals surface area contributed by atoms with Gasteiger partial charge >= 0.3 is 0 Å². The van der Waals surface area contributed by atoms with Crippen LogP contribution in [-0.4, -0.2) is 30.4 Å². The highest BCUT2D eigenvalue weighted by molar-refractivity contribution is 5.85. The lowest BCUT2D eigenvalue weighted by Gasteiger charge is -2.26. The van der Waals surface area contributed by atoms with E-state index in [1.807, 2.05) is 30.1 Å². The Morgan fingerprint density at radius 2 is 2.10 bits per heavy atom.